The predicted molar refractivity (Wildman–Crippen MR) is 103 cm³/mol. The molecule has 7 heteroatoms. The van der Waals surface area contributed by atoms with Crippen molar-refractivity contribution in [2.75, 3.05) is 19.0 Å². The maximum atomic E-state index is 12.1. The van der Waals surface area contributed by atoms with Gasteiger partial charge in [0.2, 0.25) is 0 Å². The number of methoxy groups -OCH3 is 1. The summed E-state index contributed by atoms with van der Waals surface area (Å²) in [7, 11) is 1.28. The van der Waals surface area contributed by atoms with Crippen LogP contribution in [0.1, 0.15) is 27.9 Å². The van der Waals surface area contributed by atoms with Crippen molar-refractivity contribution < 1.29 is 24.2 Å². The van der Waals surface area contributed by atoms with E-state index in [0.717, 1.165) is 12.0 Å². The molecule has 0 aromatic heterocycles. The molecule has 1 atom stereocenters. The molecule has 0 radical (unpaired) electrons. The van der Waals surface area contributed by atoms with Gasteiger partial charge in [0.05, 0.1) is 18.3 Å². The van der Waals surface area contributed by atoms with Crippen LogP contribution in [0.25, 0.3) is 0 Å². The molecule has 0 aliphatic heterocycles. The fourth-order valence-corrected chi connectivity index (χ4v) is 3.26. The summed E-state index contributed by atoms with van der Waals surface area (Å²) in [5, 5.41) is 15.7. The molecule has 3 rings (SSSR count). The van der Waals surface area contributed by atoms with Crippen LogP contribution in [0, 0.1) is 0 Å². The van der Waals surface area contributed by atoms with Gasteiger partial charge in [0.1, 0.15) is 0 Å². The van der Waals surface area contributed by atoms with Crippen LogP contribution in [0.5, 0.6) is 0 Å². The van der Waals surface area contributed by atoms with E-state index in [9.17, 15) is 19.5 Å². The number of carbonyl (C=O) groups is 3. The Balaban J connectivity index is 1.53. The average molecular weight is 382 g/mol. The number of nitrogens with one attached hydrogen (secondary N) is 2. The maximum Gasteiger partial charge on any atom is 0.337 e. The van der Waals surface area contributed by atoms with Gasteiger partial charge in [-0.3, -0.25) is 9.59 Å². The molecule has 28 heavy (non-hydrogen) atoms. The van der Waals surface area contributed by atoms with Crippen molar-refractivity contribution in [1.29, 1.82) is 0 Å². The van der Waals surface area contributed by atoms with Crippen LogP contribution in [-0.2, 0) is 27.2 Å². The number of aryl methyl sites for hydroxylation is 1. The maximum absolute atomic E-state index is 12.1. The lowest BCUT2D eigenvalue weighted by molar-refractivity contribution is -0.136. The molecule has 0 saturated heterocycles. The van der Waals surface area contributed by atoms with E-state index in [0.29, 0.717) is 24.1 Å². The van der Waals surface area contributed by atoms with Crippen molar-refractivity contribution in [2.24, 2.45) is 0 Å². The minimum Gasteiger partial charge on any atom is -0.465 e. The summed E-state index contributed by atoms with van der Waals surface area (Å²) in [6, 6.07) is 13.9. The van der Waals surface area contributed by atoms with Crippen LogP contribution in [0.15, 0.2) is 48.5 Å². The number of benzene rings is 2. The van der Waals surface area contributed by atoms with Crippen molar-refractivity contribution in [3.8, 4) is 0 Å². The summed E-state index contributed by atoms with van der Waals surface area (Å²) < 4.78 is 4.60. The van der Waals surface area contributed by atoms with E-state index in [1.165, 1.54) is 36.9 Å². The SMILES string of the molecule is COC(=O)c1ccc(NC(=O)C(=O)NC[C@]2(O)CCc3ccccc3C2)cc1. The van der Waals surface area contributed by atoms with E-state index in [-0.39, 0.29) is 6.54 Å². The molecule has 2 aromatic carbocycles. The number of amides is 2. The Hall–Kier alpha value is -3.19. The first kappa shape index (κ1) is 19.6. The molecule has 0 spiro atoms. The van der Waals surface area contributed by atoms with E-state index in [1.807, 2.05) is 24.3 Å². The Morgan fingerprint density at radius 2 is 1.71 bits per heavy atom. The number of carbonyl (C=O) groups excluding carboxylic acids is 3. The Bertz CT molecular complexity index is 894. The molecule has 7 nitrogen and oxygen atoms in total. The summed E-state index contributed by atoms with van der Waals surface area (Å²) in [5.74, 6) is -2.16. The van der Waals surface area contributed by atoms with Gasteiger partial charge in [-0.1, -0.05) is 24.3 Å². The van der Waals surface area contributed by atoms with Gasteiger partial charge in [-0.2, -0.15) is 0 Å². The molecule has 0 unspecified atom stereocenters. The fourth-order valence-electron chi connectivity index (χ4n) is 3.26. The highest BCUT2D eigenvalue weighted by Crippen LogP contribution is 2.28. The number of hydrogen-bond acceptors (Lipinski definition) is 5. The van der Waals surface area contributed by atoms with Gasteiger partial charge in [0.15, 0.2) is 0 Å². The summed E-state index contributed by atoms with van der Waals surface area (Å²) in [6.45, 7) is -0.00509. The van der Waals surface area contributed by atoms with E-state index >= 15 is 0 Å². The first-order valence-electron chi connectivity index (χ1n) is 8.97. The lowest BCUT2D eigenvalue weighted by atomic mass is 9.80. The summed E-state index contributed by atoms with van der Waals surface area (Å²) >= 11 is 0. The van der Waals surface area contributed by atoms with Crippen LogP contribution in [0.2, 0.25) is 0 Å². The van der Waals surface area contributed by atoms with E-state index in [2.05, 4.69) is 15.4 Å². The minimum atomic E-state index is -1.08. The third-order valence-corrected chi connectivity index (χ3v) is 4.85. The molecule has 2 aromatic rings. The number of hydrogen-bond donors (Lipinski definition) is 3. The largest absolute Gasteiger partial charge is 0.465 e. The van der Waals surface area contributed by atoms with Gasteiger partial charge in [-0.05, 0) is 48.2 Å². The second-order valence-electron chi connectivity index (χ2n) is 6.88. The van der Waals surface area contributed by atoms with Crippen LogP contribution < -0.4 is 10.6 Å². The number of fused-ring (bicyclic) bond motifs is 1. The summed E-state index contributed by atoms with van der Waals surface area (Å²) in [5.41, 5.74) is 1.89. The standard InChI is InChI=1S/C21H22N2O5/c1-28-20(26)15-6-8-17(9-7-15)23-19(25)18(24)22-13-21(27)11-10-14-4-2-3-5-16(14)12-21/h2-9,27H,10-13H2,1H3,(H,22,24)(H,23,25)/t21-/m0/s1. The lowest BCUT2D eigenvalue weighted by Gasteiger charge is -2.33. The molecular weight excluding hydrogens is 360 g/mol. The highest BCUT2D eigenvalue weighted by atomic mass is 16.5. The molecule has 0 fully saturated rings. The Kier molecular flexibility index (Phi) is 5.75. The number of aliphatic hydroxyl groups is 1. The Morgan fingerprint density at radius 1 is 1.04 bits per heavy atom. The van der Waals surface area contributed by atoms with Crippen molar-refractivity contribution in [1.82, 2.24) is 5.32 Å². The minimum absolute atomic E-state index is 0.00509. The van der Waals surface area contributed by atoms with Gasteiger partial charge in [-0.25, -0.2) is 4.79 Å². The summed E-state index contributed by atoms with van der Waals surface area (Å²) in [4.78, 5) is 35.6. The number of anilines is 1. The predicted octanol–water partition coefficient (Wildman–Crippen LogP) is 1.45. The van der Waals surface area contributed by atoms with Crippen LogP contribution >= 0.6 is 0 Å². The van der Waals surface area contributed by atoms with Gasteiger partial charge < -0.3 is 20.5 Å². The lowest BCUT2D eigenvalue weighted by Crippen LogP contribution is -2.49. The van der Waals surface area contributed by atoms with Crippen LogP contribution in [0.4, 0.5) is 5.69 Å². The van der Waals surface area contributed by atoms with Gasteiger partial charge >= 0.3 is 17.8 Å². The Labute approximate surface area is 162 Å². The molecule has 0 bridgehead atoms. The van der Waals surface area contributed by atoms with Crippen molar-refractivity contribution in [2.45, 2.75) is 24.9 Å². The van der Waals surface area contributed by atoms with Gasteiger partial charge in [0, 0.05) is 18.7 Å². The molecule has 146 valence electrons. The zero-order chi connectivity index (χ0) is 20.1. The molecular formula is C21H22N2O5. The normalized spacial score (nSPS) is 17.9. The average Bonchev–Trinajstić information content (AvgIpc) is 2.72. The highest BCUT2D eigenvalue weighted by molar-refractivity contribution is 6.39. The second-order valence-corrected chi connectivity index (χ2v) is 6.88. The number of ether oxygens (including phenoxy) is 1. The van der Waals surface area contributed by atoms with Crippen LogP contribution in [-0.4, -0.2) is 42.1 Å². The first-order chi connectivity index (χ1) is 13.4. The third-order valence-electron chi connectivity index (χ3n) is 4.85. The second kappa shape index (κ2) is 8.22. The van der Waals surface area contributed by atoms with E-state index in [1.54, 1.807) is 0 Å². The quantitative estimate of drug-likeness (QED) is 0.548. The molecule has 2 amide bonds. The van der Waals surface area contributed by atoms with Crippen molar-refractivity contribution in [3.05, 3.63) is 65.2 Å². The zero-order valence-corrected chi connectivity index (χ0v) is 15.5. The molecule has 1 aliphatic carbocycles. The third kappa shape index (κ3) is 4.55. The van der Waals surface area contributed by atoms with Gasteiger partial charge in [-0.15, -0.1) is 0 Å². The first-order valence-corrected chi connectivity index (χ1v) is 8.97. The number of rotatable bonds is 4. The summed E-state index contributed by atoms with van der Waals surface area (Å²) in [6.07, 6.45) is 1.67. The van der Waals surface area contributed by atoms with Crippen molar-refractivity contribution in [3.63, 3.8) is 0 Å². The highest BCUT2D eigenvalue weighted by Gasteiger charge is 2.32. The van der Waals surface area contributed by atoms with Gasteiger partial charge in [0.25, 0.3) is 0 Å². The smallest absolute Gasteiger partial charge is 0.337 e. The van der Waals surface area contributed by atoms with Crippen LogP contribution in [0.3, 0.4) is 0 Å². The monoisotopic (exact) mass is 382 g/mol. The fraction of sp³-hybridized carbons (Fsp3) is 0.286. The van der Waals surface area contributed by atoms with E-state index in [4.69, 9.17) is 0 Å². The topological polar surface area (TPSA) is 105 Å². The zero-order valence-electron chi connectivity index (χ0n) is 15.5. The number of esters is 1. The molecule has 0 heterocycles. The molecule has 3 N–H and O–H groups in total. The Morgan fingerprint density at radius 3 is 2.39 bits per heavy atom. The molecule has 0 saturated carbocycles. The molecule has 1 aliphatic rings. The van der Waals surface area contributed by atoms with E-state index < -0.39 is 23.4 Å². The van der Waals surface area contributed by atoms with Crippen molar-refractivity contribution >= 4 is 23.5 Å².